The van der Waals surface area contributed by atoms with E-state index >= 15 is 0 Å². The lowest BCUT2D eigenvalue weighted by Gasteiger charge is -2.21. The molecule has 1 saturated heterocycles. The van der Waals surface area contributed by atoms with Gasteiger partial charge < -0.3 is 24.8 Å². The lowest BCUT2D eigenvalue weighted by Crippen LogP contribution is -2.52. The molecule has 28 heavy (non-hydrogen) atoms. The van der Waals surface area contributed by atoms with E-state index in [0.717, 1.165) is 5.56 Å². The Labute approximate surface area is 163 Å². The molecule has 1 unspecified atom stereocenters. The summed E-state index contributed by atoms with van der Waals surface area (Å²) in [6.45, 7) is 0.581. The maximum Gasteiger partial charge on any atom is 0.268 e. The van der Waals surface area contributed by atoms with Crippen LogP contribution in [-0.2, 0) is 16.0 Å². The van der Waals surface area contributed by atoms with Crippen molar-refractivity contribution in [1.82, 2.24) is 5.32 Å². The molecule has 2 amide bonds. The third kappa shape index (κ3) is 3.80. The van der Waals surface area contributed by atoms with Crippen molar-refractivity contribution in [1.29, 1.82) is 0 Å². The largest absolute Gasteiger partial charge is 0.493 e. The Morgan fingerprint density at radius 3 is 2.54 bits per heavy atom. The van der Waals surface area contributed by atoms with E-state index in [9.17, 15) is 14.7 Å². The number of nitrogens with one attached hydrogen (secondary N) is 1. The van der Waals surface area contributed by atoms with Crippen LogP contribution in [0.2, 0.25) is 0 Å². The van der Waals surface area contributed by atoms with Crippen molar-refractivity contribution in [2.75, 3.05) is 32.2 Å². The van der Waals surface area contributed by atoms with Crippen LogP contribution in [0.3, 0.4) is 0 Å². The second kappa shape index (κ2) is 8.31. The number of carbonyl (C=O) groups is 2. The van der Waals surface area contributed by atoms with Gasteiger partial charge in [-0.05, 0) is 36.2 Å². The highest BCUT2D eigenvalue weighted by Crippen LogP contribution is 2.29. The van der Waals surface area contributed by atoms with E-state index in [1.165, 1.54) is 4.90 Å². The zero-order valence-corrected chi connectivity index (χ0v) is 16.0. The average Bonchev–Trinajstić information content (AvgIpc) is 3.04. The molecule has 1 atom stereocenters. The quantitative estimate of drug-likeness (QED) is 0.707. The summed E-state index contributed by atoms with van der Waals surface area (Å²) in [5, 5.41) is 13.3. The van der Waals surface area contributed by atoms with Gasteiger partial charge in [0.1, 0.15) is 0 Å². The number of methoxy groups -OCH3 is 2. The fraction of sp³-hybridized carbons (Fsp3) is 0.333. The first-order chi connectivity index (χ1) is 13.5. The van der Waals surface area contributed by atoms with Crippen molar-refractivity contribution < 1.29 is 24.2 Å². The molecule has 0 bridgehead atoms. The van der Waals surface area contributed by atoms with Crippen molar-refractivity contribution in [3.8, 4) is 11.5 Å². The summed E-state index contributed by atoms with van der Waals surface area (Å²) in [5.41, 5.74) is -0.428. The van der Waals surface area contributed by atoms with Crippen molar-refractivity contribution in [2.45, 2.75) is 18.4 Å². The van der Waals surface area contributed by atoms with E-state index in [-0.39, 0.29) is 13.0 Å². The SMILES string of the molecule is COc1ccc(CCNC(=O)C2(O)CCN(c3ccccc3)C2=O)cc1OC. The first kappa shape index (κ1) is 19.7. The summed E-state index contributed by atoms with van der Waals surface area (Å²) in [7, 11) is 3.12. The van der Waals surface area contributed by atoms with Crippen LogP contribution in [-0.4, -0.2) is 49.8 Å². The van der Waals surface area contributed by atoms with Crippen LogP contribution in [0.4, 0.5) is 5.69 Å². The number of hydrogen-bond acceptors (Lipinski definition) is 5. The number of hydrogen-bond donors (Lipinski definition) is 2. The molecule has 1 heterocycles. The molecule has 2 N–H and O–H groups in total. The molecule has 1 aliphatic heterocycles. The Morgan fingerprint density at radius 1 is 1.14 bits per heavy atom. The molecule has 7 heteroatoms. The third-order valence-electron chi connectivity index (χ3n) is 4.89. The van der Waals surface area contributed by atoms with Crippen molar-refractivity contribution in [2.24, 2.45) is 0 Å². The van der Waals surface area contributed by atoms with Gasteiger partial charge in [0.25, 0.3) is 11.8 Å². The lowest BCUT2D eigenvalue weighted by molar-refractivity contribution is -0.149. The topological polar surface area (TPSA) is 88.1 Å². The molecular weight excluding hydrogens is 360 g/mol. The molecule has 0 spiro atoms. The maximum atomic E-state index is 12.6. The van der Waals surface area contributed by atoms with Crippen molar-refractivity contribution in [3.63, 3.8) is 0 Å². The number of ether oxygens (including phenoxy) is 2. The van der Waals surface area contributed by atoms with Gasteiger partial charge in [-0.2, -0.15) is 0 Å². The van der Waals surface area contributed by atoms with E-state index < -0.39 is 17.4 Å². The molecule has 0 aromatic heterocycles. The van der Waals surface area contributed by atoms with Crippen LogP contribution < -0.4 is 19.7 Å². The standard InChI is InChI=1S/C21H24N2O5/c1-27-17-9-8-15(14-18(17)28-2)10-12-22-19(24)21(26)11-13-23(20(21)25)16-6-4-3-5-7-16/h3-9,14,26H,10-13H2,1-2H3,(H,22,24). The number of nitrogens with zero attached hydrogens (tertiary/aromatic N) is 1. The lowest BCUT2D eigenvalue weighted by atomic mass is 10.0. The highest BCUT2D eigenvalue weighted by atomic mass is 16.5. The summed E-state index contributed by atoms with van der Waals surface area (Å²) in [4.78, 5) is 26.6. The summed E-state index contributed by atoms with van der Waals surface area (Å²) < 4.78 is 10.5. The summed E-state index contributed by atoms with van der Waals surface area (Å²) in [5.74, 6) is -0.0321. The van der Waals surface area contributed by atoms with Gasteiger partial charge in [0, 0.05) is 25.2 Å². The van der Waals surface area contributed by atoms with Gasteiger partial charge in [0.05, 0.1) is 14.2 Å². The molecule has 2 aromatic rings. The normalized spacial score (nSPS) is 18.8. The number of para-hydroxylation sites is 1. The van der Waals surface area contributed by atoms with Crippen LogP contribution in [0, 0.1) is 0 Å². The molecule has 0 radical (unpaired) electrons. The van der Waals surface area contributed by atoms with Gasteiger partial charge in [-0.1, -0.05) is 24.3 Å². The Hall–Kier alpha value is -3.06. The van der Waals surface area contributed by atoms with E-state index in [2.05, 4.69) is 5.32 Å². The Morgan fingerprint density at radius 2 is 1.86 bits per heavy atom. The van der Waals surface area contributed by atoms with E-state index in [1.807, 2.05) is 30.3 Å². The number of aliphatic hydroxyl groups is 1. The minimum absolute atomic E-state index is 0.0585. The number of benzene rings is 2. The summed E-state index contributed by atoms with van der Waals surface area (Å²) in [6.07, 6.45) is 0.585. The number of rotatable bonds is 7. The van der Waals surface area contributed by atoms with Crippen molar-refractivity contribution >= 4 is 17.5 Å². The van der Waals surface area contributed by atoms with Gasteiger partial charge >= 0.3 is 0 Å². The zero-order chi connectivity index (χ0) is 20.1. The first-order valence-electron chi connectivity index (χ1n) is 9.08. The number of anilines is 1. The highest BCUT2D eigenvalue weighted by molar-refractivity contribution is 6.16. The molecule has 0 aliphatic carbocycles. The van der Waals surface area contributed by atoms with Gasteiger partial charge in [0.2, 0.25) is 5.60 Å². The van der Waals surface area contributed by atoms with Gasteiger partial charge in [-0.3, -0.25) is 9.59 Å². The first-order valence-corrected chi connectivity index (χ1v) is 9.08. The highest BCUT2D eigenvalue weighted by Gasteiger charge is 2.51. The van der Waals surface area contributed by atoms with Crippen LogP contribution in [0.15, 0.2) is 48.5 Å². The number of carbonyl (C=O) groups excluding carboxylic acids is 2. The molecule has 1 fully saturated rings. The Bertz CT molecular complexity index is 855. The van der Waals surface area contributed by atoms with Gasteiger partial charge in [-0.15, -0.1) is 0 Å². The zero-order valence-electron chi connectivity index (χ0n) is 16.0. The monoisotopic (exact) mass is 384 g/mol. The molecule has 7 nitrogen and oxygen atoms in total. The third-order valence-corrected chi connectivity index (χ3v) is 4.89. The average molecular weight is 384 g/mol. The van der Waals surface area contributed by atoms with Gasteiger partial charge in [0.15, 0.2) is 11.5 Å². The predicted octanol–water partition coefficient (Wildman–Crippen LogP) is 1.53. The molecule has 0 saturated carbocycles. The van der Waals surface area contributed by atoms with Crippen LogP contribution in [0.5, 0.6) is 11.5 Å². The van der Waals surface area contributed by atoms with Gasteiger partial charge in [-0.25, -0.2) is 0 Å². The summed E-state index contributed by atoms with van der Waals surface area (Å²) >= 11 is 0. The fourth-order valence-electron chi connectivity index (χ4n) is 3.27. The van der Waals surface area contributed by atoms with Crippen molar-refractivity contribution in [3.05, 3.63) is 54.1 Å². The maximum absolute atomic E-state index is 12.6. The second-order valence-corrected chi connectivity index (χ2v) is 6.60. The Balaban J connectivity index is 1.60. The number of amides is 2. The molecule has 3 rings (SSSR count). The molecule has 1 aliphatic rings. The molecule has 2 aromatic carbocycles. The van der Waals surface area contributed by atoms with Crippen LogP contribution in [0.25, 0.3) is 0 Å². The minimum atomic E-state index is -2.03. The molecule has 148 valence electrons. The van der Waals surface area contributed by atoms with E-state index in [4.69, 9.17) is 9.47 Å². The second-order valence-electron chi connectivity index (χ2n) is 6.60. The smallest absolute Gasteiger partial charge is 0.268 e. The minimum Gasteiger partial charge on any atom is -0.493 e. The van der Waals surface area contributed by atoms with E-state index in [1.54, 1.807) is 32.4 Å². The predicted molar refractivity (Wildman–Crippen MR) is 105 cm³/mol. The molecular formula is C21H24N2O5. The van der Waals surface area contributed by atoms with Crippen LogP contribution in [0.1, 0.15) is 12.0 Å². The fourth-order valence-corrected chi connectivity index (χ4v) is 3.27. The summed E-state index contributed by atoms with van der Waals surface area (Å²) in [6, 6.07) is 14.5. The Kier molecular flexibility index (Phi) is 5.84. The van der Waals surface area contributed by atoms with E-state index in [0.29, 0.717) is 30.2 Å². The van der Waals surface area contributed by atoms with Crippen LogP contribution >= 0.6 is 0 Å².